The monoisotopic (exact) mass is 564 g/mol. The van der Waals surface area contributed by atoms with E-state index in [-0.39, 0.29) is 48.9 Å². The second kappa shape index (κ2) is 12.3. The first-order valence-corrected chi connectivity index (χ1v) is 12.5. The Morgan fingerprint density at radius 3 is 2.49 bits per heavy atom. The van der Waals surface area contributed by atoms with E-state index in [1.807, 2.05) is 13.8 Å². The van der Waals surface area contributed by atoms with Crippen LogP contribution >= 0.6 is 0 Å². The molecule has 0 aliphatic heterocycles. The zero-order valence-corrected chi connectivity index (χ0v) is 21.4. The number of carbonyl (C=O) groups is 1. The van der Waals surface area contributed by atoms with Crippen molar-refractivity contribution in [2.24, 2.45) is 5.92 Å². The number of imidazole rings is 1. The van der Waals surface area contributed by atoms with Crippen molar-refractivity contribution in [1.29, 1.82) is 5.41 Å². The Balaban J connectivity index is 2.00. The molecule has 1 saturated carbocycles. The van der Waals surface area contributed by atoms with Crippen molar-refractivity contribution in [3.05, 3.63) is 41.5 Å². The lowest BCUT2D eigenvalue weighted by atomic mass is 9.75. The molecule has 0 spiro atoms. The third kappa shape index (κ3) is 8.40. The quantitative estimate of drug-likeness (QED) is 0.245. The van der Waals surface area contributed by atoms with Crippen LogP contribution in [-0.4, -0.2) is 57.8 Å². The summed E-state index contributed by atoms with van der Waals surface area (Å²) in [6.07, 6.45) is -3.60. The molecule has 3 rings (SSSR count). The summed E-state index contributed by atoms with van der Waals surface area (Å²) in [6.45, 7) is 2.10. The molecule has 2 atom stereocenters. The maximum absolute atomic E-state index is 13.9. The molecule has 1 amide bonds. The van der Waals surface area contributed by atoms with Crippen LogP contribution in [0.15, 0.2) is 30.2 Å². The van der Waals surface area contributed by atoms with Crippen molar-refractivity contribution < 1.29 is 35.5 Å². The van der Waals surface area contributed by atoms with E-state index < -0.39 is 49.2 Å². The number of nitrogens with one attached hydrogen (secondary N) is 3. The number of carbonyl (C=O) groups excluding carboxylic acids is 1. The number of alkyl halides is 7. The van der Waals surface area contributed by atoms with Crippen LogP contribution in [0.1, 0.15) is 69.0 Å². The Labute approximate surface area is 220 Å². The molecule has 14 heteroatoms. The summed E-state index contributed by atoms with van der Waals surface area (Å²) in [7, 11) is 0. The Kier molecular flexibility index (Phi) is 9.60. The molecule has 2 aromatic heterocycles. The number of fused-ring (bicyclic) bond motifs is 1. The molecule has 1 aliphatic rings. The highest BCUT2D eigenvalue weighted by Gasteiger charge is 2.40. The van der Waals surface area contributed by atoms with Gasteiger partial charge in [0.25, 0.3) is 0 Å². The molecule has 2 unspecified atom stereocenters. The second-order valence-electron chi connectivity index (χ2n) is 10.0. The van der Waals surface area contributed by atoms with E-state index in [1.54, 1.807) is 11.5 Å². The summed E-state index contributed by atoms with van der Waals surface area (Å²) in [5.41, 5.74) is 1.14. The van der Waals surface area contributed by atoms with Crippen LogP contribution in [0.4, 0.5) is 30.7 Å². The minimum absolute atomic E-state index is 0.0379. The maximum Gasteiger partial charge on any atom is 0.405 e. The Hall–Kier alpha value is -3.19. The molecule has 2 aromatic rings. The summed E-state index contributed by atoms with van der Waals surface area (Å²) in [5, 5.41) is 16.6. The van der Waals surface area contributed by atoms with Crippen LogP contribution in [0.3, 0.4) is 0 Å². The summed E-state index contributed by atoms with van der Waals surface area (Å²) in [6, 6.07) is 1.26. The topological polar surface area (TPSA) is 95.2 Å². The van der Waals surface area contributed by atoms with E-state index in [4.69, 9.17) is 5.41 Å². The summed E-state index contributed by atoms with van der Waals surface area (Å²) < 4.78 is 93.3. The summed E-state index contributed by atoms with van der Waals surface area (Å²) in [4.78, 5) is 17.0. The van der Waals surface area contributed by atoms with Gasteiger partial charge in [0.15, 0.2) is 5.65 Å². The van der Waals surface area contributed by atoms with Crippen LogP contribution in [0.2, 0.25) is 0 Å². The van der Waals surface area contributed by atoms with Gasteiger partial charge >= 0.3 is 6.18 Å². The highest BCUT2D eigenvalue weighted by Crippen LogP contribution is 2.44. The van der Waals surface area contributed by atoms with Gasteiger partial charge in [0, 0.05) is 43.1 Å². The van der Waals surface area contributed by atoms with Crippen molar-refractivity contribution >= 4 is 17.8 Å². The molecule has 1 fully saturated rings. The van der Waals surface area contributed by atoms with Gasteiger partial charge in [-0.25, -0.2) is 27.1 Å². The minimum Gasteiger partial charge on any atom is -0.386 e. The molecular weight excluding hydrogens is 533 g/mol. The third-order valence-corrected chi connectivity index (χ3v) is 6.56. The highest BCUT2D eigenvalue weighted by atomic mass is 19.4. The SMILES string of the molecule is CC(C)N/C(=C\C=N)C(c1cn2ncc(C(CC(F)F)C(=O)NCC(F)(F)F)cc2n1)C1CCC(F)(F)CC1. The van der Waals surface area contributed by atoms with E-state index in [0.29, 0.717) is 11.4 Å². The predicted molar refractivity (Wildman–Crippen MR) is 130 cm³/mol. The van der Waals surface area contributed by atoms with E-state index in [1.165, 1.54) is 16.7 Å². The van der Waals surface area contributed by atoms with Gasteiger partial charge < -0.3 is 16.0 Å². The van der Waals surface area contributed by atoms with Gasteiger partial charge in [-0.3, -0.25) is 4.79 Å². The summed E-state index contributed by atoms with van der Waals surface area (Å²) in [5.74, 6) is -6.34. The minimum atomic E-state index is -4.71. The van der Waals surface area contributed by atoms with Crippen molar-refractivity contribution in [2.75, 3.05) is 6.54 Å². The van der Waals surface area contributed by atoms with Gasteiger partial charge in [0.1, 0.15) is 6.54 Å². The lowest BCUT2D eigenvalue weighted by Gasteiger charge is -2.35. The highest BCUT2D eigenvalue weighted by molar-refractivity contribution is 5.83. The van der Waals surface area contributed by atoms with Crippen molar-refractivity contribution in [2.45, 2.75) is 82.4 Å². The largest absolute Gasteiger partial charge is 0.405 e. The fourth-order valence-corrected chi connectivity index (χ4v) is 4.85. The third-order valence-electron chi connectivity index (χ3n) is 6.56. The smallest absolute Gasteiger partial charge is 0.386 e. The van der Waals surface area contributed by atoms with Crippen LogP contribution < -0.4 is 10.6 Å². The Morgan fingerprint density at radius 1 is 1.26 bits per heavy atom. The predicted octanol–water partition coefficient (Wildman–Crippen LogP) is 5.59. The fourth-order valence-electron chi connectivity index (χ4n) is 4.85. The number of aromatic nitrogens is 3. The molecule has 7 nitrogen and oxygen atoms in total. The summed E-state index contributed by atoms with van der Waals surface area (Å²) >= 11 is 0. The Morgan fingerprint density at radius 2 is 1.92 bits per heavy atom. The second-order valence-corrected chi connectivity index (χ2v) is 10.0. The van der Waals surface area contributed by atoms with E-state index in [0.717, 1.165) is 12.4 Å². The molecule has 0 aromatic carbocycles. The van der Waals surface area contributed by atoms with Crippen LogP contribution in [0.25, 0.3) is 5.65 Å². The van der Waals surface area contributed by atoms with Crippen molar-refractivity contribution in [3.63, 3.8) is 0 Å². The van der Waals surface area contributed by atoms with E-state index in [9.17, 15) is 35.5 Å². The number of amides is 1. The standard InChI is InChI=1S/C25H31F7N6O/c1-14(2)36-18(5-8-33)22(15-3-6-24(28,29)7-4-15)19-12-38-21(37-19)9-16(11-35-38)17(10-20(26)27)23(39)34-13-25(30,31)32/h5,8-9,11-12,14-15,17,20,22,33,36H,3-4,6-7,10,13H2,1-2H3,(H,34,39)/b18-5-,33-8?. The zero-order valence-electron chi connectivity index (χ0n) is 21.4. The number of rotatable bonds is 11. The van der Waals surface area contributed by atoms with Gasteiger partial charge in [-0.15, -0.1) is 0 Å². The Bertz CT molecular complexity index is 1170. The molecule has 0 saturated heterocycles. The number of halogens is 7. The lowest BCUT2D eigenvalue weighted by Crippen LogP contribution is -2.37. The van der Waals surface area contributed by atoms with Gasteiger partial charge in [-0.05, 0) is 50.3 Å². The average Bonchev–Trinajstić information content (AvgIpc) is 3.24. The van der Waals surface area contributed by atoms with E-state index >= 15 is 0 Å². The van der Waals surface area contributed by atoms with Gasteiger partial charge in [0.05, 0.1) is 24.0 Å². The molecule has 0 bridgehead atoms. The molecule has 39 heavy (non-hydrogen) atoms. The maximum atomic E-state index is 13.9. The van der Waals surface area contributed by atoms with Gasteiger partial charge in [-0.2, -0.15) is 18.3 Å². The molecule has 1 aliphatic carbocycles. The number of nitrogens with zero attached hydrogens (tertiary/aromatic N) is 3. The number of allylic oxidation sites excluding steroid dienone is 2. The molecule has 2 heterocycles. The first-order valence-electron chi connectivity index (χ1n) is 12.5. The van der Waals surface area contributed by atoms with Crippen LogP contribution in [0.5, 0.6) is 0 Å². The van der Waals surface area contributed by atoms with Crippen LogP contribution in [-0.2, 0) is 4.79 Å². The number of hydrogen-bond donors (Lipinski definition) is 3. The molecule has 0 radical (unpaired) electrons. The zero-order chi connectivity index (χ0) is 29.0. The lowest BCUT2D eigenvalue weighted by molar-refractivity contribution is -0.139. The fraction of sp³-hybridized carbons (Fsp3) is 0.600. The molecule has 216 valence electrons. The van der Waals surface area contributed by atoms with Gasteiger partial charge in [-0.1, -0.05) is 0 Å². The average molecular weight is 565 g/mol. The van der Waals surface area contributed by atoms with E-state index in [2.05, 4.69) is 15.4 Å². The van der Waals surface area contributed by atoms with Gasteiger partial charge in [0.2, 0.25) is 18.3 Å². The molecular formula is C25H31F7N6O. The first kappa shape index (κ1) is 30.4. The van der Waals surface area contributed by atoms with Crippen molar-refractivity contribution in [1.82, 2.24) is 25.2 Å². The van der Waals surface area contributed by atoms with Crippen LogP contribution in [0, 0.1) is 11.3 Å². The first-order chi connectivity index (χ1) is 18.2. The molecule has 3 N–H and O–H groups in total. The number of hydrogen-bond acceptors (Lipinski definition) is 5. The normalized spacial score (nSPS) is 18.4. The van der Waals surface area contributed by atoms with Crippen molar-refractivity contribution in [3.8, 4) is 0 Å².